The molecule has 0 aliphatic carbocycles. The molecule has 1 rings (SSSR count). The van der Waals surface area contributed by atoms with Crippen LogP contribution in [-0.2, 0) is 11.3 Å². The smallest absolute Gasteiger partial charge is 0.251 e. The summed E-state index contributed by atoms with van der Waals surface area (Å²) in [7, 11) is 0. The van der Waals surface area contributed by atoms with Gasteiger partial charge in [0.25, 0.3) is 5.91 Å². The maximum atomic E-state index is 11.8. The highest BCUT2D eigenvalue weighted by Crippen LogP contribution is 2.03. The van der Waals surface area contributed by atoms with Gasteiger partial charge in [-0.05, 0) is 30.5 Å². The molecule has 0 saturated carbocycles. The molecule has 0 atom stereocenters. The van der Waals surface area contributed by atoms with Crippen LogP contribution in [0.2, 0.25) is 0 Å². The molecule has 0 unspecified atom stereocenters. The van der Waals surface area contributed by atoms with Crippen LogP contribution >= 0.6 is 0 Å². The number of carbonyl (C=O) groups is 2. The molecule has 2 amide bonds. The summed E-state index contributed by atoms with van der Waals surface area (Å²) in [5.41, 5.74) is 7.12. The van der Waals surface area contributed by atoms with E-state index in [2.05, 4.69) is 10.6 Å². The molecular weight excluding hydrogens is 254 g/mol. The summed E-state index contributed by atoms with van der Waals surface area (Å²) in [6, 6.07) is 7.22. The molecule has 0 fully saturated rings. The molecule has 1 aromatic carbocycles. The zero-order valence-corrected chi connectivity index (χ0v) is 11.9. The molecule has 0 heterocycles. The van der Waals surface area contributed by atoms with E-state index in [9.17, 15) is 9.59 Å². The van der Waals surface area contributed by atoms with Crippen molar-refractivity contribution in [3.63, 3.8) is 0 Å². The summed E-state index contributed by atoms with van der Waals surface area (Å²) >= 11 is 0. The van der Waals surface area contributed by atoms with Crippen molar-refractivity contribution in [2.45, 2.75) is 32.7 Å². The minimum atomic E-state index is -0.103. The third-order valence-electron chi connectivity index (χ3n) is 2.89. The van der Waals surface area contributed by atoms with Crippen LogP contribution in [0.15, 0.2) is 24.3 Å². The fourth-order valence-electron chi connectivity index (χ4n) is 1.73. The largest absolute Gasteiger partial charge is 0.356 e. The third-order valence-corrected chi connectivity index (χ3v) is 2.89. The first-order valence-corrected chi connectivity index (χ1v) is 7.01. The normalized spacial score (nSPS) is 10.1. The molecular formula is C15H23N3O2. The van der Waals surface area contributed by atoms with Crippen LogP contribution < -0.4 is 16.4 Å². The van der Waals surface area contributed by atoms with Gasteiger partial charge in [0.2, 0.25) is 5.91 Å². The Hall–Kier alpha value is -1.88. The summed E-state index contributed by atoms with van der Waals surface area (Å²) in [5.74, 6) is -0.0374. The standard InChI is InChI=1S/C15H23N3O2/c1-2-4-14(19)17-9-3-10-18-15(20)13-7-5-12(11-16)6-8-13/h5-8H,2-4,9-11,16H2,1H3,(H,17,19)(H,18,20). The van der Waals surface area contributed by atoms with Crippen molar-refractivity contribution in [1.82, 2.24) is 10.6 Å². The van der Waals surface area contributed by atoms with Gasteiger partial charge >= 0.3 is 0 Å². The molecule has 0 aliphatic rings. The molecule has 0 radical (unpaired) electrons. The van der Waals surface area contributed by atoms with Gasteiger partial charge in [-0.2, -0.15) is 0 Å². The first-order valence-electron chi connectivity index (χ1n) is 7.01. The van der Waals surface area contributed by atoms with Crippen LogP contribution in [0.3, 0.4) is 0 Å². The number of benzene rings is 1. The Bertz CT molecular complexity index is 429. The van der Waals surface area contributed by atoms with E-state index in [0.29, 0.717) is 31.6 Å². The van der Waals surface area contributed by atoms with Gasteiger partial charge in [-0.1, -0.05) is 19.1 Å². The van der Waals surface area contributed by atoms with E-state index in [1.54, 1.807) is 12.1 Å². The van der Waals surface area contributed by atoms with Crippen molar-refractivity contribution in [2.75, 3.05) is 13.1 Å². The first-order chi connectivity index (χ1) is 9.67. The second kappa shape index (κ2) is 9.09. The summed E-state index contributed by atoms with van der Waals surface area (Å²) in [6.45, 7) is 3.57. The zero-order chi connectivity index (χ0) is 14.8. The summed E-state index contributed by atoms with van der Waals surface area (Å²) in [5, 5.41) is 5.63. The second-order valence-electron chi connectivity index (χ2n) is 4.61. The molecule has 5 heteroatoms. The Kier molecular flexibility index (Phi) is 7.35. The summed E-state index contributed by atoms with van der Waals surface area (Å²) < 4.78 is 0. The molecule has 0 spiro atoms. The minimum Gasteiger partial charge on any atom is -0.356 e. The van der Waals surface area contributed by atoms with Crippen LogP contribution in [-0.4, -0.2) is 24.9 Å². The lowest BCUT2D eigenvalue weighted by molar-refractivity contribution is -0.121. The highest BCUT2D eigenvalue weighted by Gasteiger charge is 2.04. The van der Waals surface area contributed by atoms with Gasteiger partial charge < -0.3 is 16.4 Å². The lowest BCUT2D eigenvalue weighted by Crippen LogP contribution is -2.29. The monoisotopic (exact) mass is 277 g/mol. The Morgan fingerprint density at radius 2 is 1.75 bits per heavy atom. The van der Waals surface area contributed by atoms with Crippen molar-refractivity contribution >= 4 is 11.8 Å². The van der Waals surface area contributed by atoms with Gasteiger partial charge in [0.05, 0.1) is 0 Å². The second-order valence-corrected chi connectivity index (χ2v) is 4.61. The number of hydrogen-bond acceptors (Lipinski definition) is 3. The molecule has 5 nitrogen and oxygen atoms in total. The Morgan fingerprint density at radius 1 is 1.10 bits per heavy atom. The van der Waals surface area contributed by atoms with Crippen molar-refractivity contribution in [1.29, 1.82) is 0 Å². The number of nitrogens with two attached hydrogens (primary N) is 1. The number of hydrogen-bond donors (Lipinski definition) is 3. The lowest BCUT2D eigenvalue weighted by Gasteiger charge is -2.07. The quantitative estimate of drug-likeness (QED) is 0.624. The van der Waals surface area contributed by atoms with E-state index in [1.807, 2.05) is 19.1 Å². The fourth-order valence-corrected chi connectivity index (χ4v) is 1.73. The Labute approximate surface area is 119 Å². The number of carbonyl (C=O) groups excluding carboxylic acids is 2. The van der Waals surface area contributed by atoms with Crippen LogP contribution in [0.1, 0.15) is 42.1 Å². The molecule has 110 valence electrons. The predicted octanol–water partition coefficient (Wildman–Crippen LogP) is 1.18. The first kappa shape index (κ1) is 16.2. The van der Waals surface area contributed by atoms with Crippen molar-refractivity contribution in [3.8, 4) is 0 Å². The van der Waals surface area contributed by atoms with E-state index >= 15 is 0 Å². The van der Waals surface area contributed by atoms with Gasteiger partial charge in [0.1, 0.15) is 0 Å². The van der Waals surface area contributed by atoms with E-state index in [1.165, 1.54) is 0 Å². The predicted molar refractivity (Wildman–Crippen MR) is 79.2 cm³/mol. The number of rotatable bonds is 8. The number of nitrogens with one attached hydrogen (secondary N) is 2. The Balaban J connectivity index is 2.21. The zero-order valence-electron chi connectivity index (χ0n) is 11.9. The van der Waals surface area contributed by atoms with Crippen LogP contribution in [0.4, 0.5) is 0 Å². The third kappa shape index (κ3) is 5.84. The molecule has 20 heavy (non-hydrogen) atoms. The summed E-state index contributed by atoms with van der Waals surface area (Å²) in [6.07, 6.45) is 2.13. The Morgan fingerprint density at radius 3 is 2.35 bits per heavy atom. The summed E-state index contributed by atoms with van der Waals surface area (Å²) in [4.78, 5) is 23.0. The van der Waals surface area contributed by atoms with Crippen LogP contribution in [0, 0.1) is 0 Å². The fraction of sp³-hybridized carbons (Fsp3) is 0.467. The topological polar surface area (TPSA) is 84.2 Å². The van der Waals surface area contributed by atoms with Gasteiger partial charge in [-0.25, -0.2) is 0 Å². The maximum absolute atomic E-state index is 11.8. The van der Waals surface area contributed by atoms with Gasteiger partial charge in [-0.3, -0.25) is 9.59 Å². The van der Waals surface area contributed by atoms with Gasteiger partial charge in [-0.15, -0.1) is 0 Å². The molecule has 0 aliphatic heterocycles. The molecule has 0 aromatic heterocycles. The van der Waals surface area contributed by atoms with E-state index < -0.39 is 0 Å². The van der Waals surface area contributed by atoms with Crippen LogP contribution in [0.5, 0.6) is 0 Å². The molecule has 1 aromatic rings. The lowest BCUT2D eigenvalue weighted by atomic mass is 10.1. The van der Waals surface area contributed by atoms with E-state index in [-0.39, 0.29) is 11.8 Å². The maximum Gasteiger partial charge on any atom is 0.251 e. The highest BCUT2D eigenvalue weighted by molar-refractivity contribution is 5.94. The van der Waals surface area contributed by atoms with Gasteiger partial charge in [0.15, 0.2) is 0 Å². The molecule has 0 bridgehead atoms. The van der Waals surface area contributed by atoms with Crippen LogP contribution in [0.25, 0.3) is 0 Å². The number of amides is 2. The SMILES string of the molecule is CCCC(=O)NCCCNC(=O)c1ccc(CN)cc1. The van der Waals surface area contributed by atoms with Gasteiger partial charge in [0, 0.05) is 31.6 Å². The van der Waals surface area contributed by atoms with Crippen molar-refractivity contribution in [3.05, 3.63) is 35.4 Å². The molecule has 0 saturated heterocycles. The van der Waals surface area contributed by atoms with E-state index in [0.717, 1.165) is 18.4 Å². The van der Waals surface area contributed by atoms with Crippen molar-refractivity contribution in [2.24, 2.45) is 5.73 Å². The highest BCUT2D eigenvalue weighted by atomic mass is 16.2. The molecule has 4 N–H and O–H groups in total. The average molecular weight is 277 g/mol. The average Bonchev–Trinajstić information content (AvgIpc) is 2.47. The van der Waals surface area contributed by atoms with E-state index in [4.69, 9.17) is 5.73 Å². The van der Waals surface area contributed by atoms with Crippen molar-refractivity contribution < 1.29 is 9.59 Å². The minimum absolute atomic E-state index is 0.0659.